The second-order valence-corrected chi connectivity index (χ2v) is 5.82. The van der Waals surface area contributed by atoms with Crippen LogP contribution in [-0.4, -0.2) is 28.9 Å². The van der Waals surface area contributed by atoms with Crippen molar-refractivity contribution in [3.05, 3.63) is 77.0 Å². The molecule has 0 saturated carbocycles. The quantitative estimate of drug-likeness (QED) is 0.696. The number of hydrogen-bond acceptors (Lipinski definition) is 3. The second kappa shape index (κ2) is 8.62. The lowest BCUT2D eigenvalue weighted by Crippen LogP contribution is -2.42. The van der Waals surface area contributed by atoms with Gasteiger partial charge in [0.05, 0.1) is 0 Å². The number of nitrogens with one attached hydrogen (secondary N) is 2. The third kappa shape index (κ3) is 5.31. The predicted octanol–water partition coefficient (Wildman–Crippen LogP) is 2.36. The van der Waals surface area contributed by atoms with Crippen LogP contribution in [0, 0.1) is 6.92 Å². The molecule has 1 atom stereocenters. The van der Waals surface area contributed by atoms with E-state index in [2.05, 4.69) is 10.6 Å². The van der Waals surface area contributed by atoms with Crippen LogP contribution in [0.5, 0.6) is 0 Å². The fourth-order valence-corrected chi connectivity index (χ4v) is 2.11. The highest BCUT2D eigenvalue weighted by atomic mass is 16.4. The molecule has 1 unspecified atom stereocenters. The predicted molar refractivity (Wildman–Crippen MR) is 98.3 cm³/mol. The first-order valence-electron chi connectivity index (χ1n) is 8.05. The minimum absolute atomic E-state index is 0.0325. The fourth-order valence-electron chi connectivity index (χ4n) is 2.11. The number of carbonyl (C=O) groups is 3. The van der Waals surface area contributed by atoms with Gasteiger partial charge in [0, 0.05) is 5.56 Å². The fraction of sp³-hybridized carbons (Fsp3) is 0.150. The van der Waals surface area contributed by atoms with Crippen molar-refractivity contribution in [3.63, 3.8) is 0 Å². The molecule has 0 aliphatic carbocycles. The van der Waals surface area contributed by atoms with Gasteiger partial charge in [-0.05, 0) is 37.6 Å². The summed E-state index contributed by atoms with van der Waals surface area (Å²) in [5.74, 6) is -2.29. The Hall–Kier alpha value is -3.41. The molecule has 0 aliphatic rings. The third-order valence-corrected chi connectivity index (χ3v) is 3.64. The topological polar surface area (TPSA) is 95.5 Å². The maximum Gasteiger partial charge on any atom is 0.325 e. The number of rotatable bonds is 6. The summed E-state index contributed by atoms with van der Waals surface area (Å²) in [6, 6.07) is 14.8. The van der Waals surface area contributed by atoms with Gasteiger partial charge in [0.1, 0.15) is 11.7 Å². The minimum Gasteiger partial charge on any atom is -0.480 e. The molecule has 6 heteroatoms. The molecule has 0 spiro atoms. The van der Waals surface area contributed by atoms with E-state index in [0.717, 1.165) is 5.56 Å². The molecule has 2 rings (SSSR count). The van der Waals surface area contributed by atoms with E-state index in [4.69, 9.17) is 5.11 Å². The van der Waals surface area contributed by atoms with E-state index in [1.165, 1.54) is 13.0 Å². The van der Waals surface area contributed by atoms with Gasteiger partial charge < -0.3 is 15.7 Å². The van der Waals surface area contributed by atoms with Crippen LogP contribution in [0.2, 0.25) is 0 Å². The number of benzene rings is 2. The number of carbonyl (C=O) groups excluding carboxylic acids is 2. The van der Waals surface area contributed by atoms with Crippen LogP contribution in [0.4, 0.5) is 0 Å². The van der Waals surface area contributed by atoms with Crippen LogP contribution < -0.4 is 10.6 Å². The third-order valence-electron chi connectivity index (χ3n) is 3.64. The number of carboxylic acids is 1. The largest absolute Gasteiger partial charge is 0.480 e. The van der Waals surface area contributed by atoms with Crippen molar-refractivity contribution in [3.8, 4) is 0 Å². The van der Waals surface area contributed by atoms with Crippen molar-refractivity contribution in [2.24, 2.45) is 0 Å². The summed E-state index contributed by atoms with van der Waals surface area (Å²) >= 11 is 0. The smallest absolute Gasteiger partial charge is 0.325 e. The number of aryl methyl sites for hydroxylation is 1. The maximum absolute atomic E-state index is 12.4. The molecule has 0 radical (unpaired) electrons. The highest BCUT2D eigenvalue weighted by Crippen LogP contribution is 2.08. The van der Waals surface area contributed by atoms with Crippen molar-refractivity contribution in [1.29, 1.82) is 0 Å². The highest BCUT2D eigenvalue weighted by molar-refractivity contribution is 6.06. The van der Waals surface area contributed by atoms with Gasteiger partial charge in [-0.25, -0.2) is 0 Å². The van der Waals surface area contributed by atoms with E-state index in [1.807, 2.05) is 13.0 Å². The SMILES string of the molecule is Cc1ccc(C(=O)NC(=Cc2ccccc2)C(=O)NC(C)C(=O)O)cc1. The first kappa shape index (κ1) is 18.9. The first-order valence-corrected chi connectivity index (χ1v) is 8.05. The van der Waals surface area contributed by atoms with Crippen LogP contribution in [0.25, 0.3) is 6.08 Å². The molecular formula is C20H20N2O4. The molecule has 2 aromatic rings. The van der Waals surface area contributed by atoms with Gasteiger partial charge in [-0.15, -0.1) is 0 Å². The van der Waals surface area contributed by atoms with E-state index in [9.17, 15) is 14.4 Å². The number of amides is 2. The summed E-state index contributed by atoms with van der Waals surface area (Å²) in [5.41, 5.74) is 2.07. The zero-order chi connectivity index (χ0) is 19.1. The summed E-state index contributed by atoms with van der Waals surface area (Å²) in [7, 11) is 0. The molecule has 0 aromatic heterocycles. The van der Waals surface area contributed by atoms with Gasteiger partial charge in [0.15, 0.2) is 0 Å². The summed E-state index contributed by atoms with van der Waals surface area (Å²) in [6.45, 7) is 3.26. The first-order chi connectivity index (χ1) is 12.4. The number of hydrogen-bond donors (Lipinski definition) is 3. The molecule has 6 nitrogen and oxygen atoms in total. The lowest BCUT2D eigenvalue weighted by atomic mass is 10.1. The standard InChI is InChI=1S/C20H20N2O4/c1-13-8-10-16(11-9-13)18(23)22-17(12-15-6-4-3-5-7-15)19(24)21-14(2)20(25)26/h3-12,14H,1-2H3,(H,21,24)(H,22,23)(H,25,26). The Morgan fingerprint density at radius 2 is 1.62 bits per heavy atom. The molecule has 3 N–H and O–H groups in total. The zero-order valence-corrected chi connectivity index (χ0v) is 14.5. The molecule has 0 bridgehead atoms. The van der Waals surface area contributed by atoms with E-state index in [1.54, 1.807) is 48.5 Å². The Balaban J connectivity index is 2.26. The molecule has 2 amide bonds. The number of aliphatic carboxylic acids is 1. The van der Waals surface area contributed by atoms with Crippen molar-refractivity contribution >= 4 is 23.9 Å². The Morgan fingerprint density at radius 1 is 1.00 bits per heavy atom. The Labute approximate surface area is 151 Å². The molecule has 0 aliphatic heterocycles. The van der Waals surface area contributed by atoms with E-state index < -0.39 is 23.8 Å². The molecule has 26 heavy (non-hydrogen) atoms. The van der Waals surface area contributed by atoms with Crippen LogP contribution in [0.3, 0.4) is 0 Å². The Bertz CT molecular complexity index is 827. The lowest BCUT2D eigenvalue weighted by Gasteiger charge is -2.13. The Morgan fingerprint density at radius 3 is 2.19 bits per heavy atom. The molecule has 0 saturated heterocycles. The molecule has 0 fully saturated rings. The lowest BCUT2D eigenvalue weighted by molar-refractivity contribution is -0.140. The van der Waals surface area contributed by atoms with Gasteiger partial charge in [0.25, 0.3) is 11.8 Å². The second-order valence-electron chi connectivity index (χ2n) is 5.82. The van der Waals surface area contributed by atoms with Crippen LogP contribution >= 0.6 is 0 Å². The number of carboxylic acid groups (broad SMARTS) is 1. The maximum atomic E-state index is 12.4. The van der Waals surface area contributed by atoms with Crippen molar-refractivity contribution in [1.82, 2.24) is 10.6 Å². The summed E-state index contributed by atoms with van der Waals surface area (Å²) < 4.78 is 0. The summed E-state index contributed by atoms with van der Waals surface area (Å²) in [6.07, 6.45) is 1.50. The Kier molecular flexibility index (Phi) is 6.27. The van der Waals surface area contributed by atoms with Gasteiger partial charge in [0.2, 0.25) is 0 Å². The van der Waals surface area contributed by atoms with Crippen LogP contribution in [0.15, 0.2) is 60.3 Å². The molecule has 0 heterocycles. The van der Waals surface area contributed by atoms with Gasteiger partial charge in [-0.3, -0.25) is 14.4 Å². The van der Waals surface area contributed by atoms with Crippen molar-refractivity contribution in [2.45, 2.75) is 19.9 Å². The average Bonchev–Trinajstić information content (AvgIpc) is 2.62. The molecule has 134 valence electrons. The van der Waals surface area contributed by atoms with Crippen LogP contribution in [0.1, 0.15) is 28.4 Å². The minimum atomic E-state index is -1.16. The zero-order valence-electron chi connectivity index (χ0n) is 14.5. The van der Waals surface area contributed by atoms with E-state index in [0.29, 0.717) is 11.1 Å². The van der Waals surface area contributed by atoms with Crippen LogP contribution in [-0.2, 0) is 9.59 Å². The summed E-state index contributed by atoms with van der Waals surface area (Å²) in [4.78, 5) is 35.8. The molecular weight excluding hydrogens is 332 g/mol. The molecule has 2 aromatic carbocycles. The van der Waals surface area contributed by atoms with Gasteiger partial charge in [-0.2, -0.15) is 0 Å². The van der Waals surface area contributed by atoms with Gasteiger partial charge >= 0.3 is 5.97 Å². The van der Waals surface area contributed by atoms with Gasteiger partial charge in [-0.1, -0.05) is 48.0 Å². The highest BCUT2D eigenvalue weighted by Gasteiger charge is 2.19. The normalized spacial score (nSPS) is 12.2. The van der Waals surface area contributed by atoms with Crippen molar-refractivity contribution in [2.75, 3.05) is 0 Å². The van der Waals surface area contributed by atoms with E-state index in [-0.39, 0.29) is 5.70 Å². The van der Waals surface area contributed by atoms with E-state index >= 15 is 0 Å². The average molecular weight is 352 g/mol. The van der Waals surface area contributed by atoms with Crippen molar-refractivity contribution < 1.29 is 19.5 Å². The summed E-state index contributed by atoms with van der Waals surface area (Å²) in [5, 5.41) is 13.9. The monoisotopic (exact) mass is 352 g/mol.